The summed E-state index contributed by atoms with van der Waals surface area (Å²) in [6.45, 7) is 0. The first kappa shape index (κ1) is 27.3. The van der Waals surface area contributed by atoms with Crippen molar-refractivity contribution in [2.45, 2.75) is 38.1 Å². The molecule has 3 saturated carbocycles. The fourth-order valence-corrected chi connectivity index (χ4v) is 2.53. The zero-order valence-electron chi connectivity index (χ0n) is 15.2. The predicted octanol–water partition coefficient (Wildman–Crippen LogP) is 5.58. The van der Waals surface area contributed by atoms with Crippen molar-refractivity contribution in [3.05, 3.63) is 94.3 Å². The Morgan fingerprint density at radius 3 is 1.93 bits per heavy atom. The summed E-state index contributed by atoms with van der Waals surface area (Å²) in [6.07, 6.45) is 30.6. The Labute approximate surface area is 192 Å². The predicted molar refractivity (Wildman–Crippen MR) is 107 cm³/mol. The van der Waals surface area contributed by atoms with Crippen LogP contribution in [-0.2, 0) is 35.2 Å². The van der Waals surface area contributed by atoms with E-state index < -0.39 is 0 Å². The van der Waals surface area contributed by atoms with Crippen molar-refractivity contribution in [3.8, 4) is 0 Å². The molecule has 0 bridgehead atoms. The van der Waals surface area contributed by atoms with Crippen LogP contribution in [0.1, 0.15) is 32.1 Å². The van der Waals surface area contributed by atoms with E-state index in [2.05, 4.69) is 63.4 Å². The number of pyridine rings is 1. The minimum absolute atomic E-state index is 0. The Morgan fingerprint density at radius 2 is 1.52 bits per heavy atom. The molecule has 0 atom stereocenters. The minimum atomic E-state index is 0. The molecular formula is C22H26ClFeN2Pd+2. The molecule has 2 nitrogen and oxygen atoms in total. The average Bonchev–Trinajstić information content (AvgIpc) is 3.47. The van der Waals surface area contributed by atoms with Crippen LogP contribution in [0.15, 0.2) is 35.6 Å². The van der Waals surface area contributed by atoms with Gasteiger partial charge >= 0.3 is 44.8 Å². The SMILES string of the molecule is [CH]1[CH][CH-][C](C=NC2CCCCC2)[CH]1.[CH]1[CH][CH][CH][CH]1.[Cl][Pd+].[Fe+2].c1ccncc1. The number of hydrogen-bond donors (Lipinski definition) is 0. The van der Waals surface area contributed by atoms with Crippen molar-refractivity contribution in [3.63, 3.8) is 0 Å². The molecule has 0 unspecified atom stereocenters. The third kappa shape index (κ3) is 15.8. The van der Waals surface area contributed by atoms with Crippen molar-refractivity contribution in [1.29, 1.82) is 0 Å². The van der Waals surface area contributed by atoms with Crippen LogP contribution in [0.25, 0.3) is 0 Å². The molecule has 0 aliphatic heterocycles. The summed E-state index contributed by atoms with van der Waals surface area (Å²) in [6, 6.07) is 6.32. The average molecular weight is 516 g/mol. The molecule has 3 fully saturated rings. The molecule has 1 heterocycles. The Kier molecular flexibility index (Phi) is 21.2. The smallest absolute Gasteiger partial charge is 0.265 e. The number of aromatic nitrogens is 1. The Balaban J connectivity index is 0.000000404. The van der Waals surface area contributed by atoms with E-state index in [4.69, 9.17) is 0 Å². The van der Waals surface area contributed by atoms with E-state index in [1.807, 2.05) is 56.5 Å². The number of nitrogens with zero attached hydrogens (tertiary/aromatic N) is 2. The zero-order valence-corrected chi connectivity index (χ0v) is 18.6. The monoisotopic (exact) mass is 515 g/mol. The Hall–Kier alpha value is 0.292. The molecule has 1 aromatic rings. The van der Waals surface area contributed by atoms with E-state index >= 15 is 0 Å². The van der Waals surface area contributed by atoms with E-state index in [0.29, 0.717) is 6.04 Å². The van der Waals surface area contributed by atoms with Crippen LogP contribution in [0.4, 0.5) is 0 Å². The maximum Gasteiger partial charge on any atom is 2.00 e. The molecular weight excluding hydrogens is 490 g/mol. The Bertz CT molecular complexity index is 383. The van der Waals surface area contributed by atoms with Gasteiger partial charge in [-0.3, -0.25) is 9.98 Å². The largest absolute Gasteiger partial charge is 2.00 e. The molecule has 5 heteroatoms. The van der Waals surface area contributed by atoms with E-state index in [0.717, 1.165) is 0 Å². The summed E-state index contributed by atoms with van der Waals surface area (Å²) in [5.41, 5.74) is 0. The van der Waals surface area contributed by atoms with E-state index in [1.54, 1.807) is 12.4 Å². The van der Waals surface area contributed by atoms with Crippen molar-refractivity contribution in [1.82, 2.24) is 4.98 Å². The zero-order chi connectivity index (χ0) is 18.7. The molecule has 0 aromatic carbocycles. The van der Waals surface area contributed by atoms with E-state index in [1.165, 1.54) is 38.0 Å². The third-order valence-corrected chi connectivity index (χ3v) is 3.82. The van der Waals surface area contributed by atoms with Crippen molar-refractivity contribution in [2.75, 3.05) is 0 Å². The van der Waals surface area contributed by atoms with Crippen LogP contribution in [0.2, 0.25) is 0 Å². The van der Waals surface area contributed by atoms with Crippen LogP contribution < -0.4 is 0 Å². The molecule has 4 rings (SSSR count). The summed E-state index contributed by atoms with van der Waals surface area (Å²) in [4.78, 5) is 8.39. The molecule has 147 valence electrons. The molecule has 3 aliphatic carbocycles. The van der Waals surface area contributed by atoms with Gasteiger partial charge in [-0.2, -0.15) is 6.42 Å². The molecule has 0 saturated heterocycles. The van der Waals surface area contributed by atoms with Crippen LogP contribution in [-0.4, -0.2) is 17.2 Å². The molecule has 27 heavy (non-hydrogen) atoms. The van der Waals surface area contributed by atoms with Gasteiger partial charge in [0.15, 0.2) is 0 Å². The summed E-state index contributed by atoms with van der Waals surface area (Å²) in [5.74, 6) is 1.24. The first-order chi connectivity index (χ1) is 12.9. The molecule has 0 spiro atoms. The van der Waals surface area contributed by atoms with Crippen molar-refractivity contribution >= 4 is 15.7 Å². The van der Waals surface area contributed by atoms with Gasteiger partial charge in [0.2, 0.25) is 0 Å². The van der Waals surface area contributed by atoms with Gasteiger partial charge < -0.3 is 6.42 Å². The normalized spacial score (nSPS) is 19.7. The van der Waals surface area contributed by atoms with Crippen LogP contribution in [0.5, 0.6) is 0 Å². The van der Waals surface area contributed by atoms with E-state index in [9.17, 15) is 0 Å². The third-order valence-electron chi connectivity index (χ3n) is 3.82. The van der Waals surface area contributed by atoms with Gasteiger partial charge in [0, 0.05) is 18.4 Å². The molecule has 9 radical (unpaired) electrons. The van der Waals surface area contributed by atoms with Gasteiger partial charge in [-0.05, 0) is 63.3 Å². The van der Waals surface area contributed by atoms with Gasteiger partial charge in [0.05, 0.1) is 0 Å². The number of hydrogen-bond acceptors (Lipinski definition) is 2. The molecule has 0 amide bonds. The minimum Gasteiger partial charge on any atom is -0.265 e. The number of halogens is 1. The van der Waals surface area contributed by atoms with Crippen LogP contribution in [0, 0.1) is 63.7 Å². The van der Waals surface area contributed by atoms with Gasteiger partial charge in [0.25, 0.3) is 0 Å². The van der Waals surface area contributed by atoms with Gasteiger partial charge in [0.1, 0.15) is 0 Å². The first-order valence-electron chi connectivity index (χ1n) is 8.83. The molecule has 0 N–H and O–H groups in total. The topological polar surface area (TPSA) is 25.2 Å². The van der Waals surface area contributed by atoms with Crippen LogP contribution in [0.3, 0.4) is 0 Å². The second-order valence-electron chi connectivity index (χ2n) is 5.78. The van der Waals surface area contributed by atoms with Gasteiger partial charge in [-0.1, -0.05) is 38.2 Å². The second-order valence-corrected chi connectivity index (χ2v) is 5.78. The van der Waals surface area contributed by atoms with Gasteiger partial charge in [-0.25, -0.2) is 0 Å². The maximum absolute atomic E-state index is 4.60. The maximum atomic E-state index is 4.60. The number of aliphatic imine (C=N–C) groups is 1. The standard InChI is InChI=1S/C12H16N.C5H5N.C5H5.ClH.Fe.Pd/c1-2-8-12(9-3-1)13-10-11-6-4-5-7-11;1-2-4-6-5-3-1;1-2-4-5-3-1;;;/h4-7,10,12H,1-3,8-9H2;1-5H;1-5H;1H;;/q-1;;;;2*+2/p-1. The Morgan fingerprint density at radius 1 is 0.926 bits per heavy atom. The summed E-state index contributed by atoms with van der Waals surface area (Å²) < 4.78 is 0. The fraction of sp³-hybridized carbons (Fsp3) is 0.273. The van der Waals surface area contributed by atoms with E-state index in [-0.39, 0.29) is 17.1 Å². The fourth-order valence-electron chi connectivity index (χ4n) is 2.53. The molecule has 1 aromatic heterocycles. The molecule has 3 aliphatic rings. The number of rotatable bonds is 2. The first-order valence-corrected chi connectivity index (χ1v) is 10.8. The summed E-state index contributed by atoms with van der Waals surface area (Å²) in [5, 5.41) is 0. The van der Waals surface area contributed by atoms with Gasteiger partial charge in [-0.15, -0.1) is 5.92 Å². The summed E-state index contributed by atoms with van der Waals surface area (Å²) in [7, 11) is 4.49. The van der Waals surface area contributed by atoms with Crippen molar-refractivity contribution in [2.24, 2.45) is 4.99 Å². The van der Waals surface area contributed by atoms with Crippen LogP contribution >= 0.6 is 9.53 Å². The van der Waals surface area contributed by atoms with Crippen molar-refractivity contribution < 1.29 is 35.2 Å². The summed E-state index contributed by atoms with van der Waals surface area (Å²) >= 11 is 2.22. The quantitative estimate of drug-likeness (QED) is 0.286. The second kappa shape index (κ2) is 21.0.